The summed E-state index contributed by atoms with van der Waals surface area (Å²) < 4.78 is 37.5. The van der Waals surface area contributed by atoms with Gasteiger partial charge in [0.1, 0.15) is 6.04 Å². The van der Waals surface area contributed by atoms with E-state index in [1.165, 1.54) is 11.8 Å². The fraction of sp³-hybridized carbons (Fsp3) is 1.00. The number of alkyl halides is 3. The molecule has 1 rings (SSSR count). The van der Waals surface area contributed by atoms with E-state index in [1.54, 1.807) is 0 Å². The Bertz CT molecular complexity index is 161. The Morgan fingerprint density at radius 2 is 1.69 bits per heavy atom. The molecule has 0 aromatic heterocycles. The van der Waals surface area contributed by atoms with Gasteiger partial charge < -0.3 is 5.73 Å². The number of likely N-dealkylation sites (tertiary alicyclic amines) is 1. The zero-order chi connectivity index (χ0) is 10.1. The molecule has 0 saturated carbocycles. The maximum Gasteiger partial charge on any atom is 0.405 e. The maximum atomic E-state index is 12.5. The van der Waals surface area contributed by atoms with Crippen LogP contribution in [0.15, 0.2) is 0 Å². The van der Waals surface area contributed by atoms with Crippen LogP contribution in [0.4, 0.5) is 13.2 Å². The number of rotatable bonds is 2. The van der Waals surface area contributed by atoms with E-state index < -0.39 is 18.3 Å². The monoisotopic (exact) mass is 196 g/mol. The summed E-state index contributed by atoms with van der Waals surface area (Å²) >= 11 is 0. The molecule has 0 bridgehead atoms. The van der Waals surface area contributed by atoms with Crippen LogP contribution in [0, 0.1) is 0 Å². The van der Waals surface area contributed by atoms with Crippen molar-refractivity contribution in [3.05, 3.63) is 0 Å². The molecule has 2 N–H and O–H groups in total. The first kappa shape index (κ1) is 10.8. The highest BCUT2D eigenvalue weighted by atomic mass is 19.4. The third kappa shape index (κ3) is 2.57. The summed E-state index contributed by atoms with van der Waals surface area (Å²) in [6, 6.07) is -2.31. The predicted molar refractivity (Wildman–Crippen MR) is 44.3 cm³/mol. The Labute approximate surface area is 75.9 Å². The zero-order valence-corrected chi connectivity index (χ0v) is 7.64. The zero-order valence-electron chi connectivity index (χ0n) is 7.64. The predicted octanol–water partition coefficient (Wildman–Crippen LogP) is 1.36. The quantitative estimate of drug-likeness (QED) is 0.722. The summed E-state index contributed by atoms with van der Waals surface area (Å²) in [7, 11) is 0. The summed E-state index contributed by atoms with van der Waals surface area (Å²) in [5.74, 6) is 0. The largest absolute Gasteiger partial charge is 0.405 e. The lowest BCUT2D eigenvalue weighted by Gasteiger charge is -2.32. The van der Waals surface area contributed by atoms with Crippen molar-refractivity contribution in [2.24, 2.45) is 5.73 Å². The van der Waals surface area contributed by atoms with Crippen LogP contribution in [-0.2, 0) is 0 Å². The Kier molecular flexibility index (Phi) is 3.18. The van der Waals surface area contributed by atoms with Gasteiger partial charge in [-0.15, -0.1) is 0 Å². The Balaban J connectivity index is 2.67. The molecule has 0 aromatic rings. The van der Waals surface area contributed by atoms with E-state index >= 15 is 0 Å². The molecule has 1 saturated heterocycles. The molecule has 13 heavy (non-hydrogen) atoms. The Hall–Kier alpha value is -0.290. The summed E-state index contributed by atoms with van der Waals surface area (Å²) in [5, 5.41) is 0. The molecule has 1 aliphatic rings. The number of hydrogen-bond acceptors (Lipinski definition) is 2. The van der Waals surface area contributed by atoms with Crippen molar-refractivity contribution in [3.63, 3.8) is 0 Å². The van der Waals surface area contributed by atoms with Crippen LogP contribution in [-0.4, -0.2) is 36.2 Å². The van der Waals surface area contributed by atoms with Crippen LogP contribution in [0.2, 0.25) is 0 Å². The Morgan fingerprint density at radius 3 is 2.00 bits per heavy atom. The van der Waals surface area contributed by atoms with E-state index in [9.17, 15) is 13.2 Å². The van der Waals surface area contributed by atoms with Gasteiger partial charge in [0.05, 0.1) is 0 Å². The third-order valence-corrected chi connectivity index (χ3v) is 2.37. The Morgan fingerprint density at radius 1 is 1.23 bits per heavy atom. The first-order valence-electron chi connectivity index (χ1n) is 4.49. The van der Waals surface area contributed by atoms with Gasteiger partial charge in [-0.05, 0) is 32.9 Å². The van der Waals surface area contributed by atoms with Gasteiger partial charge in [-0.1, -0.05) is 0 Å². The normalized spacial score (nSPS) is 24.7. The lowest BCUT2D eigenvalue weighted by Crippen LogP contribution is -2.53. The molecule has 1 heterocycles. The van der Waals surface area contributed by atoms with Crippen molar-refractivity contribution in [3.8, 4) is 0 Å². The van der Waals surface area contributed by atoms with Crippen molar-refractivity contribution in [1.29, 1.82) is 0 Å². The molecular formula is C8H15F3N2. The van der Waals surface area contributed by atoms with Crippen molar-refractivity contribution in [2.45, 2.75) is 38.0 Å². The second-order valence-electron chi connectivity index (χ2n) is 3.59. The smallest absolute Gasteiger partial charge is 0.326 e. The van der Waals surface area contributed by atoms with E-state index in [2.05, 4.69) is 0 Å². The number of nitrogens with zero attached hydrogens (tertiary/aromatic N) is 1. The van der Waals surface area contributed by atoms with Crippen LogP contribution in [0.3, 0.4) is 0 Å². The van der Waals surface area contributed by atoms with E-state index in [4.69, 9.17) is 5.73 Å². The topological polar surface area (TPSA) is 29.3 Å². The minimum absolute atomic E-state index is 0.520. The molecule has 0 aliphatic carbocycles. The summed E-state index contributed by atoms with van der Waals surface area (Å²) in [5.41, 5.74) is 5.34. The van der Waals surface area contributed by atoms with Crippen molar-refractivity contribution in [1.82, 2.24) is 4.90 Å². The second-order valence-corrected chi connectivity index (χ2v) is 3.59. The van der Waals surface area contributed by atoms with Gasteiger partial charge in [0.15, 0.2) is 0 Å². The third-order valence-electron chi connectivity index (χ3n) is 2.37. The second kappa shape index (κ2) is 3.84. The number of nitrogens with two attached hydrogens (primary N) is 1. The molecule has 0 spiro atoms. The highest BCUT2D eigenvalue weighted by Crippen LogP contribution is 2.28. The van der Waals surface area contributed by atoms with E-state index in [0.29, 0.717) is 13.1 Å². The van der Waals surface area contributed by atoms with E-state index in [-0.39, 0.29) is 0 Å². The lowest BCUT2D eigenvalue weighted by molar-refractivity contribution is -0.185. The van der Waals surface area contributed by atoms with Crippen molar-refractivity contribution in [2.75, 3.05) is 13.1 Å². The van der Waals surface area contributed by atoms with Gasteiger partial charge in [0.2, 0.25) is 0 Å². The van der Waals surface area contributed by atoms with Gasteiger partial charge in [0.25, 0.3) is 0 Å². The number of halogens is 3. The molecule has 2 nitrogen and oxygen atoms in total. The van der Waals surface area contributed by atoms with Crippen LogP contribution >= 0.6 is 0 Å². The van der Waals surface area contributed by atoms with Crippen LogP contribution in [0.1, 0.15) is 19.8 Å². The maximum absolute atomic E-state index is 12.5. The van der Waals surface area contributed by atoms with Crippen molar-refractivity contribution < 1.29 is 13.2 Å². The molecule has 2 unspecified atom stereocenters. The minimum Gasteiger partial charge on any atom is -0.326 e. The summed E-state index contributed by atoms with van der Waals surface area (Å²) in [6.07, 6.45) is -2.50. The molecule has 2 atom stereocenters. The van der Waals surface area contributed by atoms with E-state index in [0.717, 1.165) is 12.8 Å². The van der Waals surface area contributed by atoms with Crippen LogP contribution < -0.4 is 5.73 Å². The lowest BCUT2D eigenvalue weighted by atomic mass is 10.1. The molecule has 0 aromatic carbocycles. The highest BCUT2D eigenvalue weighted by molar-refractivity contribution is 4.87. The van der Waals surface area contributed by atoms with Gasteiger partial charge >= 0.3 is 6.18 Å². The first-order chi connectivity index (χ1) is 5.93. The summed E-state index contributed by atoms with van der Waals surface area (Å²) in [6.45, 7) is 2.45. The molecule has 1 fully saturated rings. The van der Waals surface area contributed by atoms with E-state index in [1.807, 2.05) is 0 Å². The van der Waals surface area contributed by atoms with Gasteiger partial charge in [0, 0.05) is 6.04 Å². The molecular weight excluding hydrogens is 181 g/mol. The average Bonchev–Trinajstić information content (AvgIpc) is 2.34. The molecule has 1 aliphatic heterocycles. The highest BCUT2D eigenvalue weighted by Gasteiger charge is 2.46. The average molecular weight is 196 g/mol. The van der Waals surface area contributed by atoms with Crippen LogP contribution in [0.5, 0.6) is 0 Å². The minimum atomic E-state index is -4.20. The SMILES string of the molecule is CC(N)C(N1CCCC1)C(F)(F)F. The van der Waals surface area contributed by atoms with Crippen molar-refractivity contribution >= 4 is 0 Å². The fourth-order valence-corrected chi connectivity index (χ4v) is 1.86. The standard InChI is InChI=1S/C8H15F3N2/c1-6(12)7(8(9,10)11)13-4-2-3-5-13/h6-7H,2-5,12H2,1H3. The fourth-order valence-electron chi connectivity index (χ4n) is 1.86. The van der Waals surface area contributed by atoms with Crippen LogP contribution in [0.25, 0.3) is 0 Å². The first-order valence-corrected chi connectivity index (χ1v) is 4.49. The number of hydrogen-bond donors (Lipinski definition) is 1. The van der Waals surface area contributed by atoms with Gasteiger partial charge in [-0.3, -0.25) is 4.90 Å². The van der Waals surface area contributed by atoms with Gasteiger partial charge in [-0.25, -0.2) is 0 Å². The molecule has 5 heteroatoms. The molecule has 0 amide bonds. The van der Waals surface area contributed by atoms with Gasteiger partial charge in [-0.2, -0.15) is 13.2 Å². The molecule has 78 valence electrons. The molecule has 0 radical (unpaired) electrons. The summed E-state index contributed by atoms with van der Waals surface area (Å²) in [4.78, 5) is 1.44.